The molecule has 3 heterocycles. The highest BCUT2D eigenvalue weighted by atomic mass is 35.5. The molecule has 0 spiro atoms. The second-order valence-electron chi connectivity index (χ2n) is 7.81. The summed E-state index contributed by atoms with van der Waals surface area (Å²) in [4.78, 5) is 14.3. The summed E-state index contributed by atoms with van der Waals surface area (Å²) in [5, 5.41) is 4.98. The van der Waals surface area contributed by atoms with Crippen molar-refractivity contribution in [2.45, 2.75) is 18.9 Å². The zero-order chi connectivity index (χ0) is 22.1. The summed E-state index contributed by atoms with van der Waals surface area (Å²) in [6, 6.07) is 17.3. The van der Waals surface area contributed by atoms with Crippen molar-refractivity contribution in [3.05, 3.63) is 76.2 Å². The molecule has 5 rings (SSSR count). The number of thiophene rings is 1. The third kappa shape index (κ3) is 4.13. The van der Waals surface area contributed by atoms with Crippen LogP contribution in [0.1, 0.15) is 12.8 Å². The Hall–Kier alpha value is -2.80. The van der Waals surface area contributed by atoms with Crippen molar-refractivity contribution in [2.24, 2.45) is 0 Å². The average Bonchev–Trinajstić information content (AvgIpc) is 3.26. The summed E-state index contributed by atoms with van der Waals surface area (Å²) in [6.07, 6.45) is 4.05. The average molecular weight is 467 g/mol. The second-order valence-corrected chi connectivity index (χ2v) is 9.30. The Labute approximate surface area is 195 Å². The Morgan fingerprint density at radius 1 is 1.09 bits per heavy atom. The fourth-order valence-electron chi connectivity index (χ4n) is 3.99. The monoisotopic (exact) mass is 466 g/mol. The first-order chi connectivity index (χ1) is 15.6. The number of hydrogen-bond donors (Lipinski definition) is 1. The van der Waals surface area contributed by atoms with Gasteiger partial charge in [-0.15, -0.1) is 11.3 Å². The van der Waals surface area contributed by atoms with Gasteiger partial charge < -0.3 is 14.8 Å². The maximum Gasteiger partial charge on any atom is 0.273 e. The van der Waals surface area contributed by atoms with Gasteiger partial charge in [0.05, 0.1) is 12.8 Å². The van der Waals surface area contributed by atoms with Crippen molar-refractivity contribution in [1.29, 1.82) is 0 Å². The lowest BCUT2D eigenvalue weighted by atomic mass is 10.1. The van der Waals surface area contributed by atoms with Gasteiger partial charge in [0.2, 0.25) is 0 Å². The molecular formula is C25H23ClN2O3S. The van der Waals surface area contributed by atoms with Crippen molar-refractivity contribution in [1.82, 2.24) is 9.88 Å². The molecule has 1 aliphatic heterocycles. The molecule has 0 unspecified atom stereocenters. The van der Waals surface area contributed by atoms with Crippen molar-refractivity contribution in [3.8, 4) is 27.6 Å². The van der Waals surface area contributed by atoms with Crippen LogP contribution in [-0.2, 0) is 0 Å². The minimum Gasteiger partial charge on any atom is -0.493 e. The van der Waals surface area contributed by atoms with E-state index in [0.29, 0.717) is 21.2 Å². The number of halogens is 1. The zero-order valence-corrected chi connectivity index (χ0v) is 19.2. The number of piperidine rings is 1. The van der Waals surface area contributed by atoms with Crippen molar-refractivity contribution in [3.63, 3.8) is 0 Å². The van der Waals surface area contributed by atoms with E-state index in [0.717, 1.165) is 47.4 Å². The molecule has 5 nitrogen and oxygen atoms in total. The smallest absolute Gasteiger partial charge is 0.273 e. The first-order valence-corrected chi connectivity index (χ1v) is 11.8. The van der Waals surface area contributed by atoms with Gasteiger partial charge in [-0.3, -0.25) is 9.36 Å². The Morgan fingerprint density at radius 2 is 1.94 bits per heavy atom. The van der Waals surface area contributed by atoms with Crippen molar-refractivity contribution >= 4 is 33.0 Å². The molecule has 7 heteroatoms. The van der Waals surface area contributed by atoms with Gasteiger partial charge in [-0.1, -0.05) is 23.7 Å². The molecule has 1 atom stereocenters. The first-order valence-electron chi connectivity index (χ1n) is 10.6. The molecule has 164 valence electrons. The number of ether oxygens (including phenoxy) is 2. The Bertz CT molecular complexity index is 1310. The van der Waals surface area contributed by atoms with E-state index in [2.05, 4.69) is 5.32 Å². The number of nitrogens with zero attached hydrogens (tertiary/aromatic N) is 1. The number of fused-ring (bicyclic) bond motifs is 1. The minimum atomic E-state index is -0.0556. The van der Waals surface area contributed by atoms with Crippen LogP contribution in [0.15, 0.2) is 65.6 Å². The number of pyridine rings is 1. The number of benzene rings is 2. The SMILES string of the molecule is COc1cc(-n2ccc3cc(-c4ccc(Cl)cc4)sc3c2=O)ccc1O[C@H]1CCCNC1. The van der Waals surface area contributed by atoms with Crippen LogP contribution in [0, 0.1) is 0 Å². The van der Waals surface area contributed by atoms with Crippen LogP contribution in [0.4, 0.5) is 0 Å². The van der Waals surface area contributed by atoms with Gasteiger partial charge >= 0.3 is 0 Å². The molecule has 0 bridgehead atoms. The largest absolute Gasteiger partial charge is 0.493 e. The molecule has 0 saturated carbocycles. The van der Waals surface area contributed by atoms with Crippen LogP contribution in [0.5, 0.6) is 11.5 Å². The van der Waals surface area contributed by atoms with E-state index in [9.17, 15) is 4.79 Å². The fraction of sp³-hybridized carbons (Fsp3) is 0.240. The summed E-state index contributed by atoms with van der Waals surface area (Å²) >= 11 is 7.50. The highest BCUT2D eigenvalue weighted by molar-refractivity contribution is 7.22. The second kappa shape index (κ2) is 8.98. The normalized spacial score (nSPS) is 16.2. The molecule has 0 aliphatic carbocycles. The van der Waals surface area contributed by atoms with Crippen molar-refractivity contribution < 1.29 is 9.47 Å². The highest BCUT2D eigenvalue weighted by Crippen LogP contribution is 2.34. The zero-order valence-electron chi connectivity index (χ0n) is 17.6. The Kier molecular flexibility index (Phi) is 5.91. The standard InChI is InChI=1S/C25H23ClN2O3S/c1-30-22-14-19(8-9-21(22)31-20-3-2-11-27-15-20)28-12-10-17-13-23(32-24(17)25(28)29)16-4-6-18(26)7-5-16/h4-10,12-14,20,27H,2-3,11,15H2,1H3/t20-/m0/s1. The maximum absolute atomic E-state index is 13.3. The van der Waals surface area contributed by atoms with E-state index in [1.807, 2.05) is 60.8 Å². The first kappa shape index (κ1) is 21.1. The van der Waals surface area contributed by atoms with Gasteiger partial charge in [0.15, 0.2) is 11.5 Å². The summed E-state index contributed by atoms with van der Waals surface area (Å²) in [7, 11) is 1.62. The molecule has 2 aromatic carbocycles. The van der Waals surface area contributed by atoms with Crippen LogP contribution in [0.3, 0.4) is 0 Å². The topological polar surface area (TPSA) is 52.5 Å². The molecule has 0 radical (unpaired) electrons. The van der Waals surface area contributed by atoms with Crippen molar-refractivity contribution in [2.75, 3.05) is 20.2 Å². The maximum atomic E-state index is 13.3. The van der Waals surface area contributed by atoms with Gasteiger partial charge in [-0.25, -0.2) is 0 Å². The number of nitrogens with one attached hydrogen (secondary N) is 1. The van der Waals surface area contributed by atoms with Gasteiger partial charge in [0.1, 0.15) is 10.8 Å². The van der Waals surface area contributed by atoms with Gasteiger partial charge in [0.25, 0.3) is 5.56 Å². The molecule has 1 aliphatic rings. The van der Waals surface area contributed by atoms with E-state index in [-0.39, 0.29) is 11.7 Å². The van der Waals surface area contributed by atoms with E-state index in [1.165, 1.54) is 11.3 Å². The molecule has 4 aromatic rings. The molecule has 2 aromatic heterocycles. The summed E-state index contributed by atoms with van der Waals surface area (Å²) in [5.41, 5.74) is 1.73. The predicted molar refractivity (Wildman–Crippen MR) is 131 cm³/mol. The molecule has 0 amide bonds. The minimum absolute atomic E-state index is 0.0556. The van der Waals surface area contributed by atoms with Crippen LogP contribution in [0.25, 0.3) is 26.2 Å². The Balaban J connectivity index is 1.49. The van der Waals surface area contributed by atoms with Gasteiger partial charge in [0, 0.05) is 34.1 Å². The van der Waals surface area contributed by atoms with E-state index in [4.69, 9.17) is 21.1 Å². The number of hydrogen-bond acceptors (Lipinski definition) is 5. The molecule has 1 N–H and O–H groups in total. The number of aromatic nitrogens is 1. The van der Waals surface area contributed by atoms with E-state index >= 15 is 0 Å². The quantitative estimate of drug-likeness (QED) is 0.421. The third-order valence-corrected chi connectivity index (χ3v) is 7.12. The highest BCUT2D eigenvalue weighted by Gasteiger charge is 2.18. The molecule has 1 saturated heterocycles. The third-order valence-electron chi connectivity index (χ3n) is 5.68. The molecule has 32 heavy (non-hydrogen) atoms. The summed E-state index contributed by atoms with van der Waals surface area (Å²) in [6.45, 7) is 1.86. The van der Waals surface area contributed by atoms with Gasteiger partial charge in [-0.05, 0) is 61.3 Å². The van der Waals surface area contributed by atoms with Gasteiger partial charge in [-0.2, -0.15) is 0 Å². The van der Waals surface area contributed by atoms with Crippen LogP contribution in [0.2, 0.25) is 5.02 Å². The van der Waals surface area contributed by atoms with Crippen LogP contribution >= 0.6 is 22.9 Å². The molecule has 1 fully saturated rings. The lowest BCUT2D eigenvalue weighted by Gasteiger charge is -2.25. The predicted octanol–water partition coefficient (Wildman–Crippen LogP) is 5.51. The summed E-state index contributed by atoms with van der Waals surface area (Å²) in [5.74, 6) is 1.31. The Morgan fingerprint density at radius 3 is 2.69 bits per heavy atom. The summed E-state index contributed by atoms with van der Waals surface area (Å²) < 4.78 is 14.1. The van der Waals surface area contributed by atoms with E-state index < -0.39 is 0 Å². The lowest BCUT2D eigenvalue weighted by molar-refractivity contribution is 0.161. The van der Waals surface area contributed by atoms with E-state index in [1.54, 1.807) is 11.7 Å². The lowest BCUT2D eigenvalue weighted by Crippen LogP contribution is -2.37. The van der Waals surface area contributed by atoms with Crippen LogP contribution in [-0.4, -0.2) is 30.9 Å². The molecular weight excluding hydrogens is 444 g/mol. The van der Waals surface area contributed by atoms with Crippen LogP contribution < -0.4 is 20.3 Å². The fourth-order valence-corrected chi connectivity index (χ4v) is 5.21. The number of rotatable bonds is 5. The number of methoxy groups -OCH3 is 1.